The highest BCUT2D eigenvalue weighted by Gasteiger charge is 2.34. The van der Waals surface area contributed by atoms with Gasteiger partial charge >= 0.3 is 0 Å². The lowest BCUT2D eigenvalue weighted by Gasteiger charge is -2.33. The Bertz CT molecular complexity index is 988. The Balaban J connectivity index is 0.00000295. The first-order chi connectivity index (χ1) is 20.4. The molecule has 0 aromatic heterocycles. The summed E-state index contributed by atoms with van der Waals surface area (Å²) < 4.78 is 0. The number of rotatable bonds is 19. The van der Waals surface area contributed by atoms with E-state index in [0.29, 0.717) is 24.0 Å². The molecular formula is C40H68O3. The fraction of sp³-hybridized carbons (Fsp3) is 0.775. The second-order valence-corrected chi connectivity index (χ2v) is 14.2. The summed E-state index contributed by atoms with van der Waals surface area (Å²) >= 11 is 0. The fourth-order valence-corrected chi connectivity index (χ4v) is 7.30. The van der Waals surface area contributed by atoms with Gasteiger partial charge in [0.05, 0.1) is 6.42 Å². The summed E-state index contributed by atoms with van der Waals surface area (Å²) in [5, 5.41) is 0. The highest BCUT2D eigenvalue weighted by Crippen LogP contribution is 2.40. The molecule has 0 spiro atoms. The van der Waals surface area contributed by atoms with E-state index >= 15 is 0 Å². The highest BCUT2D eigenvalue weighted by molar-refractivity contribution is 6.01. The van der Waals surface area contributed by atoms with Gasteiger partial charge in [-0.05, 0) is 91.9 Å². The molecule has 1 aliphatic carbocycles. The first-order valence-electron chi connectivity index (χ1n) is 18.2. The maximum absolute atomic E-state index is 13.8. The van der Waals surface area contributed by atoms with Gasteiger partial charge in [-0.25, -0.2) is 0 Å². The van der Waals surface area contributed by atoms with Crippen molar-refractivity contribution >= 4 is 17.3 Å². The van der Waals surface area contributed by atoms with Crippen molar-refractivity contribution in [3.8, 4) is 0 Å². The van der Waals surface area contributed by atoms with Crippen molar-refractivity contribution in [2.75, 3.05) is 0 Å². The molecular weight excluding hydrogens is 528 g/mol. The Morgan fingerprint density at radius 2 is 1.53 bits per heavy atom. The smallest absolute Gasteiger partial charge is 0.163 e. The van der Waals surface area contributed by atoms with Crippen LogP contribution in [0.4, 0.5) is 0 Å². The average Bonchev–Trinajstić information content (AvgIpc) is 2.92. The topological polar surface area (TPSA) is 51.2 Å². The largest absolute Gasteiger partial charge is 0.300 e. The van der Waals surface area contributed by atoms with Crippen LogP contribution in [0, 0.1) is 30.6 Å². The molecule has 1 aromatic carbocycles. The van der Waals surface area contributed by atoms with Crippen LogP contribution in [0.25, 0.3) is 0 Å². The van der Waals surface area contributed by atoms with Crippen LogP contribution >= 0.6 is 0 Å². The zero-order valence-electron chi connectivity index (χ0n) is 30.0. The van der Waals surface area contributed by atoms with Crippen LogP contribution in [-0.2, 0) is 22.4 Å². The zero-order valence-corrected chi connectivity index (χ0v) is 30.0. The number of aryl methyl sites for hydroxylation is 1. The molecule has 246 valence electrons. The molecule has 0 bridgehead atoms. The summed E-state index contributed by atoms with van der Waals surface area (Å²) in [4.78, 5) is 38.4. The lowest BCUT2D eigenvalue weighted by atomic mass is 9.70. The van der Waals surface area contributed by atoms with E-state index in [2.05, 4.69) is 68.4 Å². The molecule has 4 unspecified atom stereocenters. The molecule has 4 atom stereocenters. The molecule has 0 saturated carbocycles. The normalized spacial score (nSPS) is 16.7. The van der Waals surface area contributed by atoms with E-state index in [1.807, 2.05) is 0 Å². The van der Waals surface area contributed by atoms with E-state index in [-0.39, 0.29) is 35.7 Å². The van der Waals surface area contributed by atoms with Crippen molar-refractivity contribution in [2.24, 2.45) is 23.7 Å². The van der Waals surface area contributed by atoms with Crippen LogP contribution < -0.4 is 0 Å². The van der Waals surface area contributed by atoms with Crippen LogP contribution in [-0.4, -0.2) is 17.3 Å². The molecule has 1 aliphatic rings. The van der Waals surface area contributed by atoms with E-state index < -0.39 is 0 Å². The number of benzene rings is 1. The summed E-state index contributed by atoms with van der Waals surface area (Å²) in [7, 11) is 0. The summed E-state index contributed by atoms with van der Waals surface area (Å²) in [5.41, 5.74) is 6.23. The van der Waals surface area contributed by atoms with Gasteiger partial charge in [0.2, 0.25) is 0 Å². The van der Waals surface area contributed by atoms with Gasteiger partial charge in [0.25, 0.3) is 0 Å². The molecule has 43 heavy (non-hydrogen) atoms. The second-order valence-electron chi connectivity index (χ2n) is 14.2. The Hall–Kier alpha value is -1.77. The van der Waals surface area contributed by atoms with Gasteiger partial charge in [-0.15, -0.1) is 0 Å². The SMILES string of the molecule is CCC.CCCCCCCC(C)CCc1cc(C(C)C)c2c(c1C)C(=O)CC(CC(CCC)C(CC)C(=O)CC(C)=O)C2. The van der Waals surface area contributed by atoms with Gasteiger partial charge in [0.15, 0.2) is 5.78 Å². The van der Waals surface area contributed by atoms with Crippen molar-refractivity contribution < 1.29 is 14.4 Å². The Kier molecular flexibility index (Phi) is 19.2. The minimum absolute atomic E-state index is 0.0437. The molecule has 1 aromatic rings. The number of hydrogen-bond donors (Lipinski definition) is 0. The second kappa shape index (κ2) is 21.1. The first kappa shape index (κ1) is 39.3. The van der Waals surface area contributed by atoms with Crippen molar-refractivity contribution in [1.29, 1.82) is 0 Å². The molecule has 0 saturated heterocycles. The zero-order chi connectivity index (χ0) is 32.5. The van der Waals surface area contributed by atoms with E-state index in [4.69, 9.17) is 0 Å². The third-order valence-electron chi connectivity index (χ3n) is 9.55. The van der Waals surface area contributed by atoms with Crippen molar-refractivity contribution in [3.63, 3.8) is 0 Å². The molecule has 2 rings (SSSR count). The number of Topliss-reactive ketones (excluding diaryl/α,β-unsaturated/α-hetero) is 3. The standard InChI is InChI=1S/C37H60O3.C3H8/c1-9-12-13-14-15-17-26(6)18-19-30-24-33(25(4)5)34-22-29(23-36(40)37(34)28(30)8)21-31(16-10-2)32(11-3)35(39)20-27(7)38;1-3-2/h24-26,29,31-32H,9-23H2,1-8H3;3H2,1-2H3. The lowest BCUT2D eigenvalue weighted by molar-refractivity contribution is -0.129. The van der Waals surface area contributed by atoms with Crippen LogP contribution in [0.5, 0.6) is 0 Å². The van der Waals surface area contributed by atoms with Gasteiger partial charge in [-0.2, -0.15) is 0 Å². The maximum atomic E-state index is 13.8. The summed E-state index contributed by atoms with van der Waals surface area (Å²) in [5.74, 6) is 1.87. The third-order valence-corrected chi connectivity index (χ3v) is 9.55. The molecule has 3 heteroatoms. The minimum atomic E-state index is -0.0809. The molecule has 0 N–H and O–H groups in total. The van der Waals surface area contributed by atoms with Gasteiger partial charge in [-0.3, -0.25) is 14.4 Å². The van der Waals surface area contributed by atoms with Crippen molar-refractivity contribution in [3.05, 3.63) is 33.9 Å². The molecule has 3 nitrogen and oxygen atoms in total. The minimum Gasteiger partial charge on any atom is -0.300 e. The van der Waals surface area contributed by atoms with E-state index in [0.717, 1.165) is 44.1 Å². The quantitative estimate of drug-likeness (QED) is 0.118. The first-order valence-corrected chi connectivity index (χ1v) is 18.2. The van der Waals surface area contributed by atoms with E-state index in [1.54, 1.807) is 0 Å². The van der Waals surface area contributed by atoms with Crippen LogP contribution in [0.3, 0.4) is 0 Å². The number of fused-ring (bicyclic) bond motifs is 1. The predicted octanol–water partition coefficient (Wildman–Crippen LogP) is 11.6. The Labute approximate surface area is 266 Å². The number of carbonyl (C=O) groups excluding carboxylic acids is 3. The molecule has 0 radical (unpaired) electrons. The van der Waals surface area contributed by atoms with Gasteiger partial charge in [0, 0.05) is 17.9 Å². The molecule has 0 aliphatic heterocycles. The monoisotopic (exact) mass is 597 g/mol. The molecule has 0 fully saturated rings. The number of ketones is 3. The van der Waals surface area contributed by atoms with E-state index in [9.17, 15) is 14.4 Å². The van der Waals surface area contributed by atoms with E-state index in [1.165, 1.54) is 80.5 Å². The Morgan fingerprint density at radius 3 is 2.09 bits per heavy atom. The summed E-state index contributed by atoms with van der Waals surface area (Å²) in [6.45, 7) is 21.4. The third kappa shape index (κ3) is 13.0. The van der Waals surface area contributed by atoms with Crippen LogP contribution in [0.15, 0.2) is 6.07 Å². The average molecular weight is 597 g/mol. The number of carbonyl (C=O) groups is 3. The van der Waals surface area contributed by atoms with Gasteiger partial charge in [-0.1, -0.05) is 119 Å². The van der Waals surface area contributed by atoms with Gasteiger partial charge in [0.1, 0.15) is 11.6 Å². The number of unbranched alkanes of at least 4 members (excludes halogenated alkanes) is 4. The van der Waals surface area contributed by atoms with Crippen molar-refractivity contribution in [2.45, 2.75) is 178 Å². The van der Waals surface area contributed by atoms with Gasteiger partial charge < -0.3 is 0 Å². The molecule has 0 amide bonds. The van der Waals surface area contributed by atoms with Crippen LogP contribution in [0.2, 0.25) is 0 Å². The lowest BCUT2D eigenvalue weighted by Crippen LogP contribution is -2.30. The number of hydrogen-bond acceptors (Lipinski definition) is 3. The summed E-state index contributed by atoms with van der Waals surface area (Å²) in [6, 6.07) is 2.43. The predicted molar refractivity (Wildman–Crippen MR) is 185 cm³/mol. The molecule has 0 heterocycles. The Morgan fingerprint density at radius 1 is 0.884 bits per heavy atom. The summed E-state index contributed by atoms with van der Waals surface area (Å²) in [6.07, 6.45) is 16.7. The fourth-order valence-electron chi connectivity index (χ4n) is 7.30. The highest BCUT2D eigenvalue weighted by atomic mass is 16.1. The maximum Gasteiger partial charge on any atom is 0.163 e. The van der Waals surface area contributed by atoms with Crippen molar-refractivity contribution in [1.82, 2.24) is 0 Å². The van der Waals surface area contributed by atoms with Crippen LogP contribution in [0.1, 0.15) is 191 Å².